The first-order valence-corrected chi connectivity index (χ1v) is 8.97. The molecule has 0 aliphatic heterocycles. The quantitative estimate of drug-likeness (QED) is 0.835. The monoisotopic (exact) mass is 346 g/mol. The average molecular weight is 346 g/mol. The molecule has 0 aromatic heterocycles. The summed E-state index contributed by atoms with van der Waals surface area (Å²) in [5.74, 6) is -0.744. The van der Waals surface area contributed by atoms with E-state index < -0.39 is 9.84 Å². The van der Waals surface area contributed by atoms with Crippen molar-refractivity contribution in [3.63, 3.8) is 0 Å². The van der Waals surface area contributed by atoms with Crippen LogP contribution < -0.4 is 10.6 Å². The number of nitrogens with one attached hydrogen (secondary N) is 2. The van der Waals surface area contributed by atoms with E-state index >= 15 is 0 Å². The van der Waals surface area contributed by atoms with E-state index in [1.54, 1.807) is 30.3 Å². The Balaban J connectivity index is 1.93. The van der Waals surface area contributed by atoms with Gasteiger partial charge in [-0.05, 0) is 36.4 Å². The van der Waals surface area contributed by atoms with Crippen LogP contribution in [0.2, 0.25) is 0 Å². The van der Waals surface area contributed by atoms with Crippen molar-refractivity contribution in [2.75, 3.05) is 17.6 Å². The molecule has 2 rings (SSSR count). The number of anilines is 1. The molecule has 2 aromatic carbocycles. The van der Waals surface area contributed by atoms with Crippen molar-refractivity contribution >= 4 is 27.3 Å². The van der Waals surface area contributed by atoms with Crippen molar-refractivity contribution in [2.45, 2.75) is 11.8 Å². The van der Waals surface area contributed by atoms with Gasteiger partial charge < -0.3 is 10.6 Å². The molecular formula is C17H18N2O4S. The Hall–Kier alpha value is -2.67. The summed E-state index contributed by atoms with van der Waals surface area (Å²) in [5.41, 5.74) is 1.01. The van der Waals surface area contributed by atoms with Crippen LogP contribution in [0.3, 0.4) is 0 Å². The van der Waals surface area contributed by atoms with E-state index in [1.165, 1.54) is 31.2 Å². The summed E-state index contributed by atoms with van der Waals surface area (Å²) >= 11 is 0. The van der Waals surface area contributed by atoms with Crippen LogP contribution in [0.15, 0.2) is 59.5 Å². The SMILES string of the molecule is CC(=O)Nc1ccc(S(=O)(=O)CCNC(=O)c2ccccc2)cc1. The number of amides is 2. The fraction of sp³-hybridized carbons (Fsp3) is 0.176. The minimum absolute atomic E-state index is 0.0174. The highest BCUT2D eigenvalue weighted by molar-refractivity contribution is 7.91. The number of sulfone groups is 1. The Bertz CT molecular complexity index is 815. The van der Waals surface area contributed by atoms with Gasteiger partial charge in [0.05, 0.1) is 10.6 Å². The van der Waals surface area contributed by atoms with Crippen molar-refractivity contribution in [1.29, 1.82) is 0 Å². The molecule has 24 heavy (non-hydrogen) atoms. The summed E-state index contributed by atoms with van der Waals surface area (Å²) < 4.78 is 24.5. The predicted octanol–water partition coefficient (Wildman–Crippen LogP) is 1.85. The molecule has 0 spiro atoms. The van der Waals surface area contributed by atoms with E-state index in [9.17, 15) is 18.0 Å². The molecule has 0 bridgehead atoms. The van der Waals surface area contributed by atoms with Crippen molar-refractivity contribution in [2.24, 2.45) is 0 Å². The Morgan fingerprint density at radius 3 is 2.17 bits per heavy atom. The first kappa shape index (κ1) is 17.7. The summed E-state index contributed by atoms with van der Waals surface area (Å²) in [5, 5.41) is 5.16. The molecule has 2 aromatic rings. The molecular weight excluding hydrogens is 328 g/mol. The molecule has 6 nitrogen and oxygen atoms in total. The highest BCUT2D eigenvalue weighted by Crippen LogP contribution is 2.15. The summed E-state index contributed by atoms with van der Waals surface area (Å²) in [6, 6.07) is 14.5. The minimum atomic E-state index is -3.51. The second-order valence-electron chi connectivity index (χ2n) is 5.15. The van der Waals surface area contributed by atoms with Gasteiger partial charge in [-0.3, -0.25) is 9.59 Å². The number of carbonyl (C=O) groups is 2. The van der Waals surface area contributed by atoms with Gasteiger partial charge in [0.1, 0.15) is 0 Å². The molecule has 2 amide bonds. The lowest BCUT2D eigenvalue weighted by molar-refractivity contribution is -0.114. The number of benzene rings is 2. The summed E-state index contributed by atoms with van der Waals surface area (Å²) in [4.78, 5) is 23.0. The van der Waals surface area contributed by atoms with Crippen molar-refractivity contribution < 1.29 is 18.0 Å². The molecule has 0 fully saturated rings. The lowest BCUT2D eigenvalue weighted by Crippen LogP contribution is -2.29. The predicted molar refractivity (Wildman–Crippen MR) is 91.6 cm³/mol. The maximum absolute atomic E-state index is 12.2. The van der Waals surface area contributed by atoms with Crippen LogP contribution in [0.25, 0.3) is 0 Å². The van der Waals surface area contributed by atoms with E-state index in [-0.39, 0.29) is 29.0 Å². The normalized spacial score (nSPS) is 10.9. The standard InChI is InChI=1S/C17H18N2O4S/c1-13(20)19-15-7-9-16(10-8-15)24(22,23)12-11-18-17(21)14-5-3-2-4-6-14/h2-10H,11-12H2,1H3,(H,18,21)(H,19,20). The van der Waals surface area contributed by atoms with E-state index in [4.69, 9.17) is 0 Å². The average Bonchev–Trinajstić information content (AvgIpc) is 2.55. The van der Waals surface area contributed by atoms with Crippen LogP contribution in [-0.2, 0) is 14.6 Å². The lowest BCUT2D eigenvalue weighted by atomic mass is 10.2. The molecule has 0 radical (unpaired) electrons. The third-order valence-electron chi connectivity index (χ3n) is 3.23. The molecule has 0 saturated carbocycles. The molecule has 0 aliphatic rings. The largest absolute Gasteiger partial charge is 0.351 e. The van der Waals surface area contributed by atoms with Crippen LogP contribution in [0.5, 0.6) is 0 Å². The summed E-state index contributed by atoms with van der Waals surface area (Å²) in [6.45, 7) is 1.39. The summed E-state index contributed by atoms with van der Waals surface area (Å²) in [7, 11) is -3.51. The molecule has 0 aliphatic carbocycles. The van der Waals surface area contributed by atoms with E-state index in [1.807, 2.05) is 0 Å². The second kappa shape index (κ2) is 7.74. The van der Waals surface area contributed by atoms with Gasteiger partial charge in [0.15, 0.2) is 9.84 Å². The van der Waals surface area contributed by atoms with Crippen molar-refractivity contribution in [1.82, 2.24) is 5.32 Å². The molecule has 126 valence electrons. The van der Waals surface area contributed by atoms with Crippen molar-refractivity contribution in [3.8, 4) is 0 Å². The van der Waals surface area contributed by atoms with E-state index in [0.29, 0.717) is 11.3 Å². The first-order valence-electron chi connectivity index (χ1n) is 7.32. The second-order valence-corrected chi connectivity index (χ2v) is 7.26. The van der Waals surface area contributed by atoms with E-state index in [2.05, 4.69) is 10.6 Å². The van der Waals surface area contributed by atoms with Gasteiger partial charge in [-0.2, -0.15) is 0 Å². The first-order chi connectivity index (χ1) is 11.4. The molecule has 0 heterocycles. The smallest absolute Gasteiger partial charge is 0.251 e. The number of carbonyl (C=O) groups excluding carboxylic acids is 2. The molecule has 0 saturated heterocycles. The summed E-state index contributed by atoms with van der Waals surface area (Å²) in [6.07, 6.45) is 0. The third kappa shape index (κ3) is 4.92. The number of hydrogen-bond acceptors (Lipinski definition) is 4. The van der Waals surface area contributed by atoms with Gasteiger partial charge in [-0.25, -0.2) is 8.42 Å². The fourth-order valence-electron chi connectivity index (χ4n) is 2.06. The molecule has 0 atom stereocenters. The molecule has 7 heteroatoms. The number of hydrogen-bond donors (Lipinski definition) is 2. The van der Waals surface area contributed by atoms with E-state index in [0.717, 1.165) is 0 Å². The van der Waals surface area contributed by atoms with Crippen molar-refractivity contribution in [3.05, 3.63) is 60.2 Å². The third-order valence-corrected chi connectivity index (χ3v) is 4.96. The van der Waals surface area contributed by atoms with Crippen LogP contribution in [-0.4, -0.2) is 32.5 Å². The zero-order valence-electron chi connectivity index (χ0n) is 13.2. The topological polar surface area (TPSA) is 92.3 Å². The van der Waals surface area contributed by atoms with Gasteiger partial charge in [0, 0.05) is 24.7 Å². The maximum Gasteiger partial charge on any atom is 0.251 e. The van der Waals surface area contributed by atoms with Crippen LogP contribution in [0.4, 0.5) is 5.69 Å². The maximum atomic E-state index is 12.2. The molecule has 0 unspecified atom stereocenters. The Kier molecular flexibility index (Phi) is 5.70. The van der Waals surface area contributed by atoms with Gasteiger partial charge in [-0.1, -0.05) is 18.2 Å². The van der Waals surface area contributed by atoms with Gasteiger partial charge in [0.2, 0.25) is 5.91 Å². The molecule has 2 N–H and O–H groups in total. The zero-order chi connectivity index (χ0) is 17.6. The van der Waals surface area contributed by atoms with Gasteiger partial charge in [0.25, 0.3) is 5.91 Å². The van der Waals surface area contributed by atoms with Crippen LogP contribution >= 0.6 is 0 Å². The Morgan fingerprint density at radius 2 is 1.58 bits per heavy atom. The van der Waals surface area contributed by atoms with Gasteiger partial charge in [-0.15, -0.1) is 0 Å². The van der Waals surface area contributed by atoms with Crippen LogP contribution in [0.1, 0.15) is 17.3 Å². The van der Waals surface area contributed by atoms with Crippen LogP contribution in [0, 0.1) is 0 Å². The fourth-order valence-corrected chi connectivity index (χ4v) is 3.21. The van der Waals surface area contributed by atoms with Gasteiger partial charge >= 0.3 is 0 Å². The Labute approximate surface area is 140 Å². The Morgan fingerprint density at radius 1 is 0.958 bits per heavy atom. The minimum Gasteiger partial charge on any atom is -0.351 e. The highest BCUT2D eigenvalue weighted by atomic mass is 32.2. The number of rotatable bonds is 6. The zero-order valence-corrected chi connectivity index (χ0v) is 14.0. The lowest BCUT2D eigenvalue weighted by Gasteiger charge is -2.08. The highest BCUT2D eigenvalue weighted by Gasteiger charge is 2.15.